The Bertz CT molecular complexity index is 980. The number of ether oxygens (including phenoxy) is 1. The molecule has 0 radical (unpaired) electrons. The van der Waals surface area contributed by atoms with Crippen molar-refractivity contribution in [1.29, 1.82) is 0 Å². The van der Waals surface area contributed by atoms with Crippen molar-refractivity contribution in [2.24, 2.45) is 11.1 Å². The van der Waals surface area contributed by atoms with E-state index in [2.05, 4.69) is 20.0 Å². The highest BCUT2D eigenvalue weighted by molar-refractivity contribution is 5.38. The van der Waals surface area contributed by atoms with Crippen molar-refractivity contribution in [2.75, 3.05) is 18.0 Å². The molecule has 4 heterocycles. The highest BCUT2D eigenvalue weighted by Gasteiger charge is 2.46. The van der Waals surface area contributed by atoms with E-state index < -0.39 is 0 Å². The summed E-state index contributed by atoms with van der Waals surface area (Å²) < 4.78 is 20.9. The summed E-state index contributed by atoms with van der Waals surface area (Å²) in [5.41, 5.74) is 7.75. The Labute approximate surface area is 162 Å². The number of hydrogen-bond acceptors (Lipinski definition) is 6. The van der Waals surface area contributed by atoms with Gasteiger partial charge in [0.15, 0.2) is 0 Å². The molecule has 7 nitrogen and oxygen atoms in total. The van der Waals surface area contributed by atoms with E-state index in [4.69, 9.17) is 10.5 Å². The zero-order valence-electron chi connectivity index (χ0n) is 15.3. The van der Waals surface area contributed by atoms with Gasteiger partial charge in [-0.05, 0) is 31.0 Å². The van der Waals surface area contributed by atoms with Gasteiger partial charge in [-0.15, -0.1) is 0 Å². The largest absolute Gasteiger partial charge is 0.437 e. The lowest BCUT2D eigenvalue weighted by Gasteiger charge is -2.41. The Morgan fingerprint density at radius 2 is 2.00 bits per heavy atom. The normalized spacial score (nSPS) is 20.4. The molecule has 2 aliphatic heterocycles. The summed E-state index contributed by atoms with van der Waals surface area (Å²) in [6, 6.07) is 8.01. The monoisotopic (exact) mass is 380 g/mol. The first-order valence-electron chi connectivity index (χ1n) is 9.41. The molecule has 0 aliphatic carbocycles. The van der Waals surface area contributed by atoms with Crippen molar-refractivity contribution in [2.45, 2.75) is 25.4 Å². The Kier molecular flexibility index (Phi) is 4.01. The average molecular weight is 380 g/mol. The predicted octanol–water partition coefficient (Wildman–Crippen LogP) is 2.90. The molecule has 2 aliphatic rings. The van der Waals surface area contributed by atoms with Crippen molar-refractivity contribution in [1.82, 2.24) is 19.7 Å². The molecule has 1 spiro atoms. The number of hydrogen-bond donors (Lipinski definition) is 1. The molecule has 3 aromatic rings. The topological polar surface area (TPSA) is 82.1 Å². The van der Waals surface area contributed by atoms with Crippen LogP contribution in [0.15, 0.2) is 48.9 Å². The van der Waals surface area contributed by atoms with Gasteiger partial charge in [0.2, 0.25) is 5.88 Å². The maximum absolute atomic E-state index is 13.3. The lowest BCUT2D eigenvalue weighted by Crippen LogP contribution is -2.45. The molecule has 2 N–H and O–H groups in total. The second-order valence-electron chi connectivity index (χ2n) is 7.51. The number of fused-ring (bicyclic) bond motifs is 1. The molecule has 1 atom stereocenters. The fourth-order valence-electron chi connectivity index (χ4n) is 4.28. The average Bonchev–Trinajstić information content (AvgIpc) is 3.25. The van der Waals surface area contributed by atoms with E-state index in [1.165, 1.54) is 12.1 Å². The smallest absolute Gasteiger partial charge is 0.237 e. The van der Waals surface area contributed by atoms with E-state index in [1.807, 2.05) is 16.9 Å². The van der Waals surface area contributed by atoms with Crippen LogP contribution in [0.2, 0.25) is 0 Å². The highest BCUT2D eigenvalue weighted by atomic mass is 19.1. The molecule has 0 bridgehead atoms. The SMILES string of the molecule is NC1c2ccnn2CC12CCN(c1cnc(Oc3cccc(F)c3)cn1)CC2. The zero-order valence-corrected chi connectivity index (χ0v) is 15.3. The lowest BCUT2D eigenvalue weighted by molar-refractivity contribution is 0.170. The number of aromatic nitrogens is 4. The number of piperidine rings is 1. The van der Waals surface area contributed by atoms with Gasteiger partial charge in [-0.2, -0.15) is 5.10 Å². The van der Waals surface area contributed by atoms with Crippen LogP contribution in [0.3, 0.4) is 0 Å². The number of anilines is 1. The molecule has 8 heteroatoms. The third-order valence-electron chi connectivity index (χ3n) is 5.91. The van der Waals surface area contributed by atoms with Crippen molar-refractivity contribution in [3.63, 3.8) is 0 Å². The quantitative estimate of drug-likeness (QED) is 0.752. The lowest BCUT2D eigenvalue weighted by atomic mass is 9.73. The van der Waals surface area contributed by atoms with Gasteiger partial charge in [-0.3, -0.25) is 4.68 Å². The van der Waals surface area contributed by atoms with Gasteiger partial charge in [-0.1, -0.05) is 6.07 Å². The van der Waals surface area contributed by atoms with E-state index in [0.717, 1.165) is 44.0 Å². The summed E-state index contributed by atoms with van der Waals surface area (Å²) in [7, 11) is 0. The van der Waals surface area contributed by atoms with Crippen LogP contribution in [0, 0.1) is 11.2 Å². The van der Waals surface area contributed by atoms with E-state index in [1.54, 1.807) is 24.5 Å². The summed E-state index contributed by atoms with van der Waals surface area (Å²) in [4.78, 5) is 11.0. The fraction of sp³-hybridized carbons (Fsp3) is 0.350. The van der Waals surface area contributed by atoms with Gasteiger partial charge in [0.25, 0.3) is 0 Å². The molecule has 28 heavy (non-hydrogen) atoms. The third kappa shape index (κ3) is 2.90. The molecule has 5 rings (SSSR count). The van der Waals surface area contributed by atoms with Gasteiger partial charge < -0.3 is 15.4 Å². The van der Waals surface area contributed by atoms with Gasteiger partial charge in [0.1, 0.15) is 17.4 Å². The van der Waals surface area contributed by atoms with E-state index in [9.17, 15) is 4.39 Å². The molecule has 1 saturated heterocycles. The van der Waals surface area contributed by atoms with Gasteiger partial charge in [0, 0.05) is 37.3 Å². The van der Waals surface area contributed by atoms with Crippen LogP contribution in [0.25, 0.3) is 0 Å². The number of benzene rings is 1. The second-order valence-corrected chi connectivity index (χ2v) is 7.51. The molecule has 0 saturated carbocycles. The van der Waals surface area contributed by atoms with Crippen LogP contribution in [0.1, 0.15) is 24.6 Å². The Morgan fingerprint density at radius 3 is 2.71 bits per heavy atom. The first-order chi connectivity index (χ1) is 13.6. The zero-order chi connectivity index (χ0) is 19.1. The fourth-order valence-corrected chi connectivity index (χ4v) is 4.28. The Hall–Kier alpha value is -3.00. The van der Waals surface area contributed by atoms with Crippen LogP contribution in [-0.2, 0) is 6.54 Å². The van der Waals surface area contributed by atoms with E-state index in [0.29, 0.717) is 11.6 Å². The molecule has 1 aromatic carbocycles. The van der Waals surface area contributed by atoms with Crippen LogP contribution in [-0.4, -0.2) is 32.8 Å². The van der Waals surface area contributed by atoms with Crippen LogP contribution in [0.5, 0.6) is 11.6 Å². The van der Waals surface area contributed by atoms with Crippen molar-refractivity contribution >= 4 is 5.82 Å². The van der Waals surface area contributed by atoms with Gasteiger partial charge >= 0.3 is 0 Å². The number of halogens is 1. The van der Waals surface area contributed by atoms with Crippen LogP contribution < -0.4 is 15.4 Å². The number of nitrogens with two attached hydrogens (primary N) is 1. The van der Waals surface area contributed by atoms with Crippen LogP contribution >= 0.6 is 0 Å². The summed E-state index contributed by atoms with van der Waals surface area (Å²) in [5, 5.41) is 4.39. The molecule has 2 aromatic heterocycles. The maximum Gasteiger partial charge on any atom is 0.237 e. The Balaban J connectivity index is 1.24. The minimum absolute atomic E-state index is 0.0327. The summed E-state index contributed by atoms with van der Waals surface area (Å²) >= 11 is 0. The highest BCUT2D eigenvalue weighted by Crippen LogP contribution is 2.47. The molecule has 144 valence electrons. The molecule has 1 fully saturated rings. The van der Waals surface area contributed by atoms with E-state index in [-0.39, 0.29) is 17.3 Å². The first-order valence-corrected chi connectivity index (χ1v) is 9.41. The minimum atomic E-state index is -0.351. The molecular weight excluding hydrogens is 359 g/mol. The van der Waals surface area contributed by atoms with Crippen molar-refractivity contribution in [3.05, 3.63) is 60.4 Å². The molecule has 1 unspecified atom stereocenters. The standard InChI is InChI=1S/C20H21FN6O/c21-14-2-1-3-15(10-14)28-18-12-23-17(11-24-18)26-8-5-20(6-9-26)13-27-16(19(20)22)4-7-25-27/h1-4,7,10-12,19H,5-6,8-9,13,22H2. The molecule has 0 amide bonds. The van der Waals surface area contributed by atoms with Gasteiger partial charge in [0.05, 0.1) is 24.1 Å². The number of rotatable bonds is 3. The Morgan fingerprint density at radius 1 is 1.14 bits per heavy atom. The first kappa shape index (κ1) is 17.1. The second kappa shape index (κ2) is 6.56. The van der Waals surface area contributed by atoms with Crippen molar-refractivity contribution < 1.29 is 9.13 Å². The predicted molar refractivity (Wildman–Crippen MR) is 102 cm³/mol. The number of nitrogens with zero attached hydrogens (tertiary/aromatic N) is 5. The van der Waals surface area contributed by atoms with Crippen molar-refractivity contribution in [3.8, 4) is 11.6 Å². The molecular formula is C20H21FN6O. The summed E-state index contributed by atoms with van der Waals surface area (Å²) in [6.07, 6.45) is 7.07. The maximum atomic E-state index is 13.3. The van der Waals surface area contributed by atoms with Gasteiger partial charge in [-0.25, -0.2) is 14.4 Å². The third-order valence-corrected chi connectivity index (χ3v) is 5.91. The minimum Gasteiger partial charge on any atom is -0.437 e. The summed E-state index contributed by atoms with van der Waals surface area (Å²) in [6.45, 7) is 2.63. The van der Waals surface area contributed by atoms with E-state index >= 15 is 0 Å². The summed E-state index contributed by atoms with van der Waals surface area (Å²) in [5.74, 6) is 1.20. The van der Waals surface area contributed by atoms with Crippen LogP contribution in [0.4, 0.5) is 10.2 Å².